The summed E-state index contributed by atoms with van der Waals surface area (Å²) in [5.41, 5.74) is 4.25. The third kappa shape index (κ3) is 57.0. The predicted molar refractivity (Wildman–Crippen MR) is 551 cm³/mol. The van der Waals surface area contributed by atoms with E-state index in [2.05, 4.69) is 55.8 Å². The first kappa shape index (κ1) is 143. The summed E-state index contributed by atoms with van der Waals surface area (Å²) in [6.07, 6.45) is 21.9. The fourth-order valence-electron chi connectivity index (χ4n) is 16.0. The van der Waals surface area contributed by atoms with Gasteiger partial charge >= 0.3 is 14.2 Å². The first-order valence-electron chi connectivity index (χ1n) is 49.5. The van der Waals surface area contributed by atoms with Crippen molar-refractivity contribution in [2.75, 3.05) is 226 Å². The van der Waals surface area contributed by atoms with Crippen LogP contribution in [0.2, 0.25) is 0 Å². The van der Waals surface area contributed by atoms with Crippen LogP contribution in [-0.4, -0.2) is 370 Å². The summed E-state index contributed by atoms with van der Waals surface area (Å²) in [4.78, 5) is 140. The molecule has 148 heavy (non-hydrogen) atoms. The van der Waals surface area contributed by atoms with E-state index in [4.69, 9.17) is 67.8 Å². The molecular weight excluding hydrogens is 2240 g/mol. The zero-order chi connectivity index (χ0) is 106. The molecular formula is C103H157B2N9O29SY4. The van der Waals surface area contributed by atoms with Crippen LogP contribution in [0.25, 0.3) is 21.5 Å². The fourth-order valence-corrected chi connectivity index (χ4v) is 16.0. The number of fused-ring (bicyclic) bond motifs is 2. The van der Waals surface area contributed by atoms with Gasteiger partial charge in [-0.1, -0.05) is 137 Å². The number of nitrogens with one attached hydrogen (secondary N) is 4. The van der Waals surface area contributed by atoms with E-state index >= 15 is 0 Å². The Bertz CT molecular complexity index is 4580. The first-order valence-corrected chi connectivity index (χ1v) is 50.4. The molecule has 3 aliphatic rings. The van der Waals surface area contributed by atoms with Gasteiger partial charge in [0.25, 0.3) is 35.4 Å². The summed E-state index contributed by atoms with van der Waals surface area (Å²) >= 11 is 3.53. The van der Waals surface area contributed by atoms with Crippen molar-refractivity contribution >= 4 is 124 Å². The third-order valence-electron chi connectivity index (χ3n) is 23.6. The molecule has 8 rings (SSSR count). The number of aliphatic hydroxyl groups is 4. The molecule has 45 heteroatoms. The minimum Gasteiger partial charge on any atom is -0.423 e. The Morgan fingerprint density at radius 1 is 0.365 bits per heavy atom. The number of aliphatic hydroxyl groups excluding tert-OH is 4. The molecule has 10 amide bonds. The van der Waals surface area contributed by atoms with E-state index in [-0.39, 0.29) is 251 Å². The number of Topliss-reactive ketones (excluding diaryl/α,β-unsaturated/α-hetero) is 1. The number of ether oxygens (including phenoxy) is 10. The molecule has 5 aromatic carbocycles. The number of rotatable bonds is 74. The van der Waals surface area contributed by atoms with Crippen molar-refractivity contribution in [3.8, 4) is 0 Å². The topological polar surface area (TPSA) is 506 Å². The number of imide groups is 3. The first-order chi connectivity index (χ1) is 69.7. The largest absolute Gasteiger partial charge is 0.488 e. The molecule has 0 atom stereocenters. The van der Waals surface area contributed by atoms with Crippen molar-refractivity contribution in [3.05, 3.63) is 155 Å². The van der Waals surface area contributed by atoms with Crippen LogP contribution in [0.15, 0.2) is 127 Å². The van der Waals surface area contributed by atoms with Gasteiger partial charge in [-0.05, 0) is 145 Å². The van der Waals surface area contributed by atoms with Gasteiger partial charge in [-0.2, -0.15) is 12.6 Å². The maximum atomic E-state index is 13.2. The zero-order valence-electron chi connectivity index (χ0n) is 87.5. The van der Waals surface area contributed by atoms with E-state index < -0.39 is 55.1 Å². The molecule has 4 radical (unpaired) electrons. The van der Waals surface area contributed by atoms with Crippen molar-refractivity contribution in [2.45, 2.75) is 156 Å². The number of amides is 10. The Balaban J connectivity index is 0.00000277. The molecule has 3 aliphatic heterocycles. The van der Waals surface area contributed by atoms with E-state index in [1.807, 2.05) is 61.5 Å². The Morgan fingerprint density at radius 2 is 0.703 bits per heavy atom. The van der Waals surface area contributed by atoms with E-state index in [1.54, 1.807) is 59.0 Å². The van der Waals surface area contributed by atoms with Crippen LogP contribution in [0.5, 0.6) is 0 Å². The number of carbonyl (C=O) groups excluding carboxylic acids is 11. The molecule has 0 saturated heterocycles. The maximum Gasteiger partial charge on any atom is 0.488 e. The third-order valence-corrected chi connectivity index (χ3v) is 23.6. The summed E-state index contributed by atoms with van der Waals surface area (Å²) in [6.45, 7) is 14.8. The summed E-state index contributed by atoms with van der Waals surface area (Å²) < 4.78 is 54.2. The second-order valence-electron chi connectivity index (χ2n) is 34.9. The number of hydrogen-bond acceptors (Lipinski definition) is 32. The van der Waals surface area contributed by atoms with Crippen LogP contribution in [0.3, 0.4) is 0 Å². The predicted octanol–water partition coefficient (Wildman–Crippen LogP) is 3.96. The van der Waals surface area contributed by atoms with Crippen LogP contribution in [0.4, 0.5) is 0 Å². The van der Waals surface area contributed by atoms with Crippen LogP contribution in [0.1, 0.15) is 162 Å². The SMILES string of the molecule is CC(=O)c1ccc2c(CN(CCCCCCNC(=O)CNC(=O)CCN3C(=O)C=CC3=O)Cc3ccccc3B(O)O)c3ccccc3c(CN(CCCCCCNC(=O)CNC(=O)CCN3C(=O)C=CC3=O)Cc3ccccc3B(O)O)c2c1.CCCCN1C(=O)C=CC1=O.COCCCCC(COCCOC)(COCCOC)COCCOC.CS.OCCCCC(COCCO)(COCCO)COCCO.[Y].[Y].[Y].[Y]. The van der Waals surface area contributed by atoms with Crippen LogP contribution in [-0.2, 0) is 252 Å². The Kier molecular flexibility index (Phi) is 84.1. The van der Waals surface area contributed by atoms with E-state index in [9.17, 15) is 72.8 Å². The monoisotopic (exact) mass is 2390 g/mol. The molecule has 12 N–H and O–H groups in total. The average Bonchev–Trinajstić information content (AvgIpc) is 0.907. The minimum atomic E-state index is -1.69. The molecule has 0 spiro atoms. The van der Waals surface area contributed by atoms with Gasteiger partial charge in [-0.15, -0.1) is 0 Å². The number of nitrogens with zero attached hydrogens (tertiary/aromatic N) is 5. The second kappa shape index (κ2) is 87.0. The Hall–Kier alpha value is -5.09. The molecule has 0 saturated carbocycles. The van der Waals surface area contributed by atoms with Gasteiger partial charge in [0.1, 0.15) is 0 Å². The van der Waals surface area contributed by atoms with Gasteiger partial charge in [-0.25, -0.2) is 0 Å². The molecule has 0 bridgehead atoms. The molecule has 5 aromatic rings. The smallest absolute Gasteiger partial charge is 0.423 e. The van der Waals surface area contributed by atoms with Crippen molar-refractivity contribution in [1.29, 1.82) is 0 Å². The number of thiol groups is 1. The number of hydrogen-bond donors (Lipinski definition) is 13. The molecule has 0 aromatic heterocycles. The Labute approximate surface area is 979 Å². The maximum absolute atomic E-state index is 13.2. The second-order valence-corrected chi connectivity index (χ2v) is 34.9. The van der Waals surface area contributed by atoms with Crippen LogP contribution >= 0.6 is 12.6 Å². The van der Waals surface area contributed by atoms with Gasteiger partial charge in [-0.3, -0.25) is 77.2 Å². The van der Waals surface area contributed by atoms with Gasteiger partial charge < -0.3 is 109 Å². The number of methoxy groups -OCH3 is 4. The fraction of sp³-hybridized carbons (Fsp3) is 0.583. The minimum absolute atomic E-state index is 0. The van der Waals surface area contributed by atoms with Crippen molar-refractivity contribution in [1.82, 2.24) is 45.8 Å². The van der Waals surface area contributed by atoms with Crippen molar-refractivity contribution < 1.29 is 271 Å². The molecule has 812 valence electrons. The van der Waals surface area contributed by atoms with E-state index in [0.717, 1.165) is 168 Å². The van der Waals surface area contributed by atoms with Gasteiger partial charge in [0.2, 0.25) is 23.6 Å². The van der Waals surface area contributed by atoms with Gasteiger partial charge in [0.05, 0.1) is 132 Å². The average molecular weight is 2390 g/mol. The molecule has 0 fully saturated rings. The van der Waals surface area contributed by atoms with Gasteiger partial charge in [0, 0.05) is 297 Å². The summed E-state index contributed by atoms with van der Waals surface area (Å²) in [6, 6.07) is 28.4. The number of benzene rings is 5. The number of carbonyl (C=O) groups is 11. The van der Waals surface area contributed by atoms with E-state index in [0.29, 0.717) is 174 Å². The van der Waals surface area contributed by atoms with E-state index in [1.165, 1.54) is 24.0 Å². The zero-order valence-corrected chi connectivity index (χ0v) is 99.7. The van der Waals surface area contributed by atoms with Crippen molar-refractivity contribution in [3.63, 3.8) is 0 Å². The molecule has 0 unspecified atom stereocenters. The summed E-state index contributed by atoms with van der Waals surface area (Å²) in [5.74, 6) is -4.01. The molecule has 38 nitrogen and oxygen atoms in total. The quantitative estimate of drug-likeness (QED) is 0.00654. The normalized spacial score (nSPS) is 12.5. The van der Waals surface area contributed by atoms with Gasteiger partial charge in [0.15, 0.2) is 5.78 Å². The summed E-state index contributed by atoms with van der Waals surface area (Å²) in [7, 11) is 3.35. The van der Waals surface area contributed by atoms with Crippen molar-refractivity contribution in [2.24, 2.45) is 10.8 Å². The number of unbranched alkanes of at least 4 members (excludes halogenated alkanes) is 9. The number of ketones is 1. The molecule has 3 heterocycles. The standard InChI is InChI=1S/C62H74B2N8O13.C18H38O7.C14H30O7.C8H11NO2.CH4S.4Y/c1-43(73)44-22-23-49-50(36-44)52(42-70(40-46-17-7-11-21-54(46)64(84)85)33-15-5-3-13-31-66-58(77)38-68-56(75)29-35-72-61(80)26-27-62(72)81)48-19-9-8-18-47(48)51(49)41-69(39-45-16-6-10-20-53(45)63(82)83)32-14-4-2-12-30-65-57(76)37-67-55(74)28-34-71-59(78)24-25-60(71)79;1-19-8-6-5-7-18(15-23-12-9-20-2,16-24-13-10-21-3)17-25-14-11-22-4;15-4-2-1-3-14(11-19-8-5-16,12-20-9-6-17)13-21-10-7-18;1-2-3-6-9-7(10)4-5-8(9)11;1-2;;;;/h6-11,16-27,36,82-85H,2-5,12-15,28-35,37-42H2,1H3,(H,65,76)(H,66,77)(H,67,74)(H,68,75);5-17H2,1-4H3;15-18H,1-13H2;4-5H,2-3,6H2,1H3;2H,1H3;;;;. The molecule has 0 aliphatic carbocycles. The Morgan fingerprint density at radius 3 is 1.05 bits per heavy atom. The summed E-state index contributed by atoms with van der Waals surface area (Å²) in [5, 5.41) is 91.7. The van der Waals surface area contributed by atoms with Crippen LogP contribution < -0.4 is 32.2 Å². The van der Waals surface area contributed by atoms with Crippen LogP contribution in [0, 0.1) is 10.8 Å².